The van der Waals surface area contributed by atoms with Crippen LogP contribution in [0.3, 0.4) is 0 Å². The Morgan fingerprint density at radius 3 is 2.50 bits per heavy atom. The van der Waals surface area contributed by atoms with Gasteiger partial charge in [0.1, 0.15) is 16.4 Å². The van der Waals surface area contributed by atoms with E-state index in [4.69, 9.17) is 25.6 Å². The minimum absolute atomic E-state index is 0.109. The highest BCUT2D eigenvalue weighted by atomic mass is 35.5. The van der Waals surface area contributed by atoms with Gasteiger partial charge in [0.15, 0.2) is 5.82 Å². The summed E-state index contributed by atoms with van der Waals surface area (Å²) in [6.45, 7) is 1.49. The number of rotatable bonds is 6. The number of nitrogens with zero attached hydrogens (tertiary/aromatic N) is 2. The molecule has 2 aromatic rings. The van der Waals surface area contributed by atoms with E-state index in [1.165, 1.54) is 26.4 Å². The van der Waals surface area contributed by atoms with Crippen LogP contribution in [-0.4, -0.2) is 32.8 Å². The van der Waals surface area contributed by atoms with E-state index < -0.39 is 10.0 Å². The number of benzene rings is 1. The molecule has 0 saturated carbocycles. The zero-order chi connectivity index (χ0) is 16.3. The molecule has 120 valence electrons. The number of hydrogen-bond donors (Lipinski definition) is 1. The molecular weight excluding hydrogens is 334 g/mol. The van der Waals surface area contributed by atoms with Gasteiger partial charge < -0.3 is 14.0 Å². The highest BCUT2D eigenvalue weighted by Crippen LogP contribution is 2.34. The van der Waals surface area contributed by atoms with Gasteiger partial charge in [0.25, 0.3) is 0 Å². The maximum absolute atomic E-state index is 12.4. The summed E-state index contributed by atoms with van der Waals surface area (Å²) in [4.78, 5) is 3.80. The molecular formula is C12H14ClN3O5S. The van der Waals surface area contributed by atoms with Gasteiger partial charge in [-0.05, 0) is 6.07 Å². The third-order valence-corrected chi connectivity index (χ3v) is 4.44. The molecule has 1 aromatic heterocycles. The Morgan fingerprint density at radius 1 is 1.27 bits per heavy atom. The van der Waals surface area contributed by atoms with Gasteiger partial charge in [-0.3, -0.25) is 0 Å². The van der Waals surface area contributed by atoms with E-state index in [0.717, 1.165) is 0 Å². The Bertz CT molecular complexity index is 775. The van der Waals surface area contributed by atoms with Gasteiger partial charge in [0.2, 0.25) is 15.9 Å². The molecule has 0 aliphatic rings. The molecule has 1 aromatic carbocycles. The van der Waals surface area contributed by atoms with Crippen LogP contribution < -0.4 is 14.2 Å². The van der Waals surface area contributed by atoms with Crippen molar-refractivity contribution in [2.45, 2.75) is 18.4 Å². The van der Waals surface area contributed by atoms with E-state index in [-0.39, 0.29) is 28.0 Å². The molecule has 8 nitrogen and oxygen atoms in total. The lowest BCUT2D eigenvalue weighted by atomic mass is 10.3. The molecule has 0 aliphatic heterocycles. The van der Waals surface area contributed by atoms with Crippen molar-refractivity contribution in [1.82, 2.24) is 14.9 Å². The summed E-state index contributed by atoms with van der Waals surface area (Å²) in [6.07, 6.45) is 0. The summed E-state index contributed by atoms with van der Waals surface area (Å²) in [6, 6.07) is 2.65. The number of methoxy groups -OCH3 is 2. The highest BCUT2D eigenvalue weighted by Gasteiger charge is 2.22. The van der Waals surface area contributed by atoms with Crippen LogP contribution >= 0.6 is 11.6 Å². The topological polar surface area (TPSA) is 104 Å². The number of halogens is 1. The van der Waals surface area contributed by atoms with Crippen molar-refractivity contribution in [2.24, 2.45) is 0 Å². The molecule has 0 saturated heterocycles. The third kappa shape index (κ3) is 3.49. The Balaban J connectivity index is 2.30. The van der Waals surface area contributed by atoms with E-state index >= 15 is 0 Å². The van der Waals surface area contributed by atoms with E-state index in [2.05, 4.69) is 14.9 Å². The van der Waals surface area contributed by atoms with Crippen LogP contribution in [0, 0.1) is 6.92 Å². The smallest absolute Gasteiger partial charge is 0.244 e. The van der Waals surface area contributed by atoms with Crippen LogP contribution in [0.25, 0.3) is 0 Å². The van der Waals surface area contributed by atoms with Gasteiger partial charge in [-0.15, -0.1) is 0 Å². The van der Waals surface area contributed by atoms with Crippen LogP contribution in [0.5, 0.6) is 11.5 Å². The number of nitrogens with one attached hydrogen (secondary N) is 1. The average molecular weight is 348 g/mol. The third-order valence-electron chi connectivity index (χ3n) is 2.72. The van der Waals surface area contributed by atoms with Crippen molar-refractivity contribution in [3.8, 4) is 11.5 Å². The Labute approximate surface area is 132 Å². The Kier molecular flexibility index (Phi) is 4.89. The minimum Gasteiger partial charge on any atom is -0.495 e. The van der Waals surface area contributed by atoms with Crippen molar-refractivity contribution in [3.05, 3.63) is 28.9 Å². The standard InChI is InChI=1S/C12H14ClN3O5S/c1-7-15-12(16-21-7)6-14-22(17,18)11-4-8(13)9(19-2)5-10(11)20-3/h4-5,14H,6H2,1-3H3. The van der Waals surface area contributed by atoms with Crippen molar-refractivity contribution < 1.29 is 22.4 Å². The molecule has 0 spiro atoms. The summed E-state index contributed by atoms with van der Waals surface area (Å²) < 4.78 is 42.0. The predicted octanol–water partition coefficient (Wildman–Crippen LogP) is 1.53. The summed E-state index contributed by atoms with van der Waals surface area (Å²) in [7, 11) is -1.10. The second-order valence-electron chi connectivity index (χ2n) is 4.19. The molecule has 1 heterocycles. The lowest BCUT2D eigenvalue weighted by molar-refractivity contribution is 0.385. The van der Waals surface area contributed by atoms with Crippen molar-refractivity contribution >= 4 is 21.6 Å². The largest absolute Gasteiger partial charge is 0.495 e. The molecule has 2 rings (SSSR count). The van der Waals surface area contributed by atoms with Gasteiger partial charge >= 0.3 is 0 Å². The lowest BCUT2D eigenvalue weighted by Gasteiger charge is -2.12. The number of sulfonamides is 1. The van der Waals surface area contributed by atoms with Crippen molar-refractivity contribution in [3.63, 3.8) is 0 Å². The molecule has 22 heavy (non-hydrogen) atoms. The van der Waals surface area contributed by atoms with E-state index in [1.54, 1.807) is 6.92 Å². The first kappa shape index (κ1) is 16.5. The second-order valence-corrected chi connectivity index (χ2v) is 6.33. The molecule has 0 aliphatic carbocycles. The first-order valence-corrected chi connectivity index (χ1v) is 7.94. The van der Waals surface area contributed by atoms with Crippen molar-refractivity contribution in [1.29, 1.82) is 0 Å². The van der Waals surface area contributed by atoms with E-state index in [0.29, 0.717) is 11.6 Å². The average Bonchev–Trinajstić information content (AvgIpc) is 2.90. The summed E-state index contributed by atoms with van der Waals surface area (Å²) in [5, 5.41) is 3.76. The molecule has 0 unspecified atom stereocenters. The van der Waals surface area contributed by atoms with Crippen LogP contribution in [0.2, 0.25) is 5.02 Å². The summed E-state index contributed by atoms with van der Waals surface area (Å²) in [5.74, 6) is 0.989. The fourth-order valence-electron chi connectivity index (χ4n) is 1.69. The lowest BCUT2D eigenvalue weighted by Crippen LogP contribution is -2.24. The zero-order valence-electron chi connectivity index (χ0n) is 12.1. The fourth-order valence-corrected chi connectivity index (χ4v) is 3.15. The summed E-state index contributed by atoms with van der Waals surface area (Å²) >= 11 is 5.97. The summed E-state index contributed by atoms with van der Waals surface area (Å²) in [5.41, 5.74) is 0. The number of hydrogen-bond acceptors (Lipinski definition) is 7. The van der Waals surface area contributed by atoms with E-state index in [1.807, 2.05) is 0 Å². The second kappa shape index (κ2) is 6.51. The predicted molar refractivity (Wildman–Crippen MR) is 77.6 cm³/mol. The monoisotopic (exact) mass is 347 g/mol. The van der Waals surface area contributed by atoms with Crippen LogP contribution in [0.1, 0.15) is 11.7 Å². The number of aryl methyl sites for hydroxylation is 1. The Morgan fingerprint density at radius 2 is 1.95 bits per heavy atom. The SMILES string of the molecule is COc1cc(OC)c(S(=O)(=O)NCc2noc(C)n2)cc1Cl. The van der Waals surface area contributed by atoms with Crippen LogP contribution in [-0.2, 0) is 16.6 Å². The number of ether oxygens (including phenoxy) is 2. The molecule has 10 heteroatoms. The zero-order valence-corrected chi connectivity index (χ0v) is 13.7. The maximum atomic E-state index is 12.4. The van der Waals surface area contributed by atoms with Crippen molar-refractivity contribution in [2.75, 3.05) is 14.2 Å². The molecule has 0 bridgehead atoms. The minimum atomic E-state index is -3.88. The molecule has 1 N–H and O–H groups in total. The first-order chi connectivity index (χ1) is 10.4. The first-order valence-electron chi connectivity index (χ1n) is 6.07. The molecule has 0 fully saturated rings. The van der Waals surface area contributed by atoms with Crippen LogP contribution in [0.4, 0.5) is 0 Å². The quantitative estimate of drug-likeness (QED) is 0.844. The molecule has 0 radical (unpaired) electrons. The van der Waals surface area contributed by atoms with Crippen LogP contribution in [0.15, 0.2) is 21.6 Å². The molecule has 0 atom stereocenters. The normalized spacial score (nSPS) is 11.5. The maximum Gasteiger partial charge on any atom is 0.244 e. The van der Waals surface area contributed by atoms with Gasteiger partial charge in [-0.1, -0.05) is 16.8 Å². The van der Waals surface area contributed by atoms with Gasteiger partial charge in [-0.2, -0.15) is 4.98 Å². The molecule has 0 amide bonds. The van der Waals surface area contributed by atoms with Gasteiger partial charge in [0.05, 0.1) is 25.8 Å². The fraction of sp³-hybridized carbons (Fsp3) is 0.333. The number of aromatic nitrogens is 2. The van der Waals surface area contributed by atoms with E-state index in [9.17, 15) is 8.42 Å². The van der Waals surface area contributed by atoms with Gasteiger partial charge in [0, 0.05) is 13.0 Å². The Hall–Kier alpha value is -1.84. The highest BCUT2D eigenvalue weighted by molar-refractivity contribution is 7.89. The van der Waals surface area contributed by atoms with Gasteiger partial charge in [-0.25, -0.2) is 13.1 Å².